The van der Waals surface area contributed by atoms with Crippen LogP contribution in [0.1, 0.15) is 16.7 Å². The Hall–Kier alpha value is -0.560. The molecule has 1 aromatic carbocycles. The van der Waals surface area contributed by atoms with Crippen LogP contribution >= 0.6 is 11.6 Å². The average Bonchev–Trinajstić information content (AvgIpc) is 1.97. The van der Waals surface area contributed by atoms with Crippen LogP contribution < -0.4 is 0 Å². The van der Waals surface area contributed by atoms with Crippen LogP contribution in [0.4, 0.5) is 4.39 Å². The summed E-state index contributed by atoms with van der Waals surface area (Å²) in [6, 6.07) is 1.65. The van der Waals surface area contributed by atoms with E-state index in [2.05, 4.69) is 0 Å². The fourth-order valence-electron chi connectivity index (χ4n) is 1.00. The van der Waals surface area contributed by atoms with Gasteiger partial charge in [0.15, 0.2) is 0 Å². The molecule has 0 nitrogen and oxygen atoms in total. The number of hydrogen-bond acceptors (Lipinski definition) is 0. The fraction of sp³-hybridized carbons (Fsp3) is 0.333. The van der Waals surface area contributed by atoms with Crippen molar-refractivity contribution in [2.24, 2.45) is 0 Å². The Morgan fingerprint density at radius 2 is 1.73 bits per heavy atom. The zero-order valence-electron chi connectivity index (χ0n) is 6.83. The normalized spacial score (nSPS) is 10.3. The molecule has 0 atom stereocenters. The van der Waals surface area contributed by atoms with Crippen LogP contribution in [0.3, 0.4) is 0 Å². The van der Waals surface area contributed by atoms with E-state index in [1.807, 2.05) is 13.8 Å². The van der Waals surface area contributed by atoms with Gasteiger partial charge in [-0.3, -0.25) is 0 Å². The fourth-order valence-corrected chi connectivity index (χ4v) is 1.31. The minimum atomic E-state index is -0.297. The van der Waals surface area contributed by atoms with Crippen molar-refractivity contribution in [1.29, 1.82) is 0 Å². The number of halogens is 2. The molecule has 0 amide bonds. The first-order chi connectivity index (χ1) is 5.04. The van der Waals surface area contributed by atoms with Crippen LogP contribution in [-0.2, 0) is 0 Å². The van der Waals surface area contributed by atoms with Crippen molar-refractivity contribution in [3.8, 4) is 0 Å². The van der Waals surface area contributed by atoms with Gasteiger partial charge < -0.3 is 0 Å². The lowest BCUT2D eigenvalue weighted by atomic mass is 10.0. The molecule has 0 spiro atoms. The Balaban J connectivity index is 3.46. The molecule has 60 valence electrons. The van der Waals surface area contributed by atoms with Crippen LogP contribution in [0.2, 0.25) is 5.02 Å². The highest BCUT2D eigenvalue weighted by molar-refractivity contribution is 6.30. The predicted octanol–water partition coefficient (Wildman–Crippen LogP) is 3.40. The molecule has 2 heteroatoms. The molecule has 0 N–H and O–H groups in total. The van der Waals surface area contributed by atoms with Gasteiger partial charge in [0, 0.05) is 0 Å². The lowest BCUT2D eigenvalue weighted by Crippen LogP contribution is -1.91. The van der Waals surface area contributed by atoms with Crippen molar-refractivity contribution in [2.45, 2.75) is 20.8 Å². The molecule has 1 rings (SSSR count). The van der Waals surface area contributed by atoms with Gasteiger partial charge in [-0.1, -0.05) is 11.6 Å². The summed E-state index contributed by atoms with van der Waals surface area (Å²) in [5.74, 6) is -0.297. The van der Waals surface area contributed by atoms with E-state index in [0.717, 1.165) is 11.1 Å². The third-order valence-electron chi connectivity index (χ3n) is 2.04. The molecule has 0 saturated heterocycles. The lowest BCUT2D eigenvalue weighted by Gasteiger charge is -2.06. The van der Waals surface area contributed by atoms with Crippen LogP contribution in [0.15, 0.2) is 6.07 Å². The summed E-state index contributed by atoms with van der Waals surface area (Å²) in [6.45, 7) is 5.56. The molecular weight excluding hydrogens is 163 g/mol. The van der Waals surface area contributed by atoms with E-state index >= 15 is 0 Å². The number of hydrogen-bond donors (Lipinski definition) is 0. The molecule has 0 radical (unpaired) electrons. The van der Waals surface area contributed by atoms with Crippen molar-refractivity contribution < 1.29 is 4.39 Å². The molecule has 1 aromatic rings. The molecule has 0 aliphatic heterocycles. The maximum Gasteiger partial charge on any atom is 0.144 e. The highest BCUT2D eigenvalue weighted by Crippen LogP contribution is 2.23. The Bertz CT molecular complexity index is 266. The van der Waals surface area contributed by atoms with E-state index in [1.165, 1.54) is 0 Å². The topological polar surface area (TPSA) is 0 Å². The van der Waals surface area contributed by atoms with Gasteiger partial charge in [-0.25, -0.2) is 4.39 Å². The van der Waals surface area contributed by atoms with Gasteiger partial charge in [-0.15, -0.1) is 0 Å². The Labute approximate surface area is 71.0 Å². The molecule has 0 unspecified atom stereocenters. The second-order valence-electron chi connectivity index (χ2n) is 2.74. The van der Waals surface area contributed by atoms with Crippen molar-refractivity contribution in [3.63, 3.8) is 0 Å². The third-order valence-corrected chi connectivity index (χ3v) is 2.31. The summed E-state index contributed by atoms with van der Waals surface area (Å²) in [6.07, 6.45) is 0. The maximum atomic E-state index is 13.0. The van der Waals surface area contributed by atoms with Gasteiger partial charge in [-0.2, -0.15) is 0 Å². The zero-order chi connectivity index (χ0) is 8.59. The molecule has 11 heavy (non-hydrogen) atoms. The van der Waals surface area contributed by atoms with Gasteiger partial charge in [-0.05, 0) is 43.5 Å². The van der Waals surface area contributed by atoms with Crippen LogP contribution in [-0.4, -0.2) is 0 Å². The minimum Gasteiger partial charge on any atom is -0.205 e. The zero-order valence-corrected chi connectivity index (χ0v) is 7.59. The van der Waals surface area contributed by atoms with Gasteiger partial charge in [0.25, 0.3) is 0 Å². The Morgan fingerprint density at radius 3 is 2.27 bits per heavy atom. The SMILES string of the molecule is Cc1cc(Cl)c(F)c(C)c1C. The first kappa shape index (κ1) is 8.54. The quantitative estimate of drug-likeness (QED) is 0.563. The summed E-state index contributed by atoms with van der Waals surface area (Å²) in [4.78, 5) is 0. The first-order valence-corrected chi connectivity index (χ1v) is 3.83. The van der Waals surface area contributed by atoms with Crippen molar-refractivity contribution in [3.05, 3.63) is 33.6 Å². The summed E-state index contributed by atoms with van der Waals surface area (Å²) >= 11 is 5.62. The molecule has 0 saturated carbocycles. The smallest absolute Gasteiger partial charge is 0.144 e. The highest BCUT2D eigenvalue weighted by atomic mass is 35.5. The molecule has 0 heterocycles. The molecule has 0 aromatic heterocycles. The lowest BCUT2D eigenvalue weighted by molar-refractivity contribution is 0.616. The summed E-state index contributed by atoms with van der Waals surface area (Å²) in [5, 5.41) is 0.214. The van der Waals surface area contributed by atoms with Crippen molar-refractivity contribution in [1.82, 2.24) is 0 Å². The van der Waals surface area contributed by atoms with Crippen LogP contribution in [0, 0.1) is 26.6 Å². The number of aryl methyl sites for hydroxylation is 1. The van der Waals surface area contributed by atoms with Gasteiger partial charge in [0.2, 0.25) is 0 Å². The average molecular weight is 173 g/mol. The standard InChI is InChI=1S/C9H10ClF/c1-5-4-8(10)9(11)7(3)6(5)2/h4H,1-3H3. The second-order valence-corrected chi connectivity index (χ2v) is 3.15. The third kappa shape index (κ3) is 1.38. The molecule has 0 bridgehead atoms. The predicted molar refractivity (Wildman–Crippen MR) is 45.6 cm³/mol. The maximum absolute atomic E-state index is 13.0. The van der Waals surface area contributed by atoms with Crippen LogP contribution in [0.5, 0.6) is 0 Å². The minimum absolute atomic E-state index is 0.214. The van der Waals surface area contributed by atoms with Crippen molar-refractivity contribution in [2.75, 3.05) is 0 Å². The van der Waals surface area contributed by atoms with Crippen LogP contribution in [0.25, 0.3) is 0 Å². The van der Waals surface area contributed by atoms with E-state index in [1.54, 1.807) is 13.0 Å². The summed E-state index contributed by atoms with van der Waals surface area (Å²) < 4.78 is 13.0. The van der Waals surface area contributed by atoms with E-state index < -0.39 is 0 Å². The van der Waals surface area contributed by atoms with E-state index in [0.29, 0.717) is 5.56 Å². The van der Waals surface area contributed by atoms with E-state index in [4.69, 9.17) is 11.6 Å². The largest absolute Gasteiger partial charge is 0.205 e. The molecule has 0 aliphatic carbocycles. The van der Waals surface area contributed by atoms with E-state index in [9.17, 15) is 4.39 Å². The summed E-state index contributed by atoms with van der Waals surface area (Å²) in [7, 11) is 0. The Morgan fingerprint density at radius 1 is 1.18 bits per heavy atom. The van der Waals surface area contributed by atoms with Gasteiger partial charge in [0.05, 0.1) is 5.02 Å². The number of rotatable bonds is 0. The molecule has 0 fully saturated rings. The number of benzene rings is 1. The first-order valence-electron chi connectivity index (χ1n) is 3.46. The Kier molecular flexibility index (Phi) is 2.19. The van der Waals surface area contributed by atoms with Gasteiger partial charge >= 0.3 is 0 Å². The monoisotopic (exact) mass is 172 g/mol. The second kappa shape index (κ2) is 2.82. The summed E-state index contributed by atoms with van der Waals surface area (Å²) in [5.41, 5.74) is 2.66. The molecular formula is C9H10ClF. The molecule has 0 aliphatic rings. The van der Waals surface area contributed by atoms with E-state index in [-0.39, 0.29) is 10.8 Å². The highest BCUT2D eigenvalue weighted by Gasteiger charge is 2.07. The van der Waals surface area contributed by atoms with Gasteiger partial charge in [0.1, 0.15) is 5.82 Å². The van der Waals surface area contributed by atoms with Crippen molar-refractivity contribution >= 4 is 11.6 Å².